The van der Waals surface area contributed by atoms with Crippen molar-refractivity contribution >= 4 is 33.3 Å². The van der Waals surface area contributed by atoms with Crippen molar-refractivity contribution in [2.75, 3.05) is 6.61 Å². The number of aryl methyl sites for hydroxylation is 1. The maximum Gasteiger partial charge on any atom is 0.357 e. The molecule has 2 heterocycles. The fraction of sp³-hybridized carbons (Fsp3) is 0.417. The van der Waals surface area contributed by atoms with Crippen LogP contribution in [0.2, 0.25) is 0 Å². The van der Waals surface area contributed by atoms with E-state index in [2.05, 4.69) is 41.2 Å². The zero-order valence-corrected chi connectivity index (χ0v) is 16.8. The lowest BCUT2D eigenvalue weighted by atomic mass is 9.93. The van der Waals surface area contributed by atoms with Gasteiger partial charge in [-0.2, -0.15) is 0 Å². The summed E-state index contributed by atoms with van der Waals surface area (Å²) in [5.41, 5.74) is 6.21. The first-order chi connectivity index (χ1) is 13.7. The standard InChI is InChI=1S/C24H28N2O2/c1-3-18-22-19-14-17(16-10-8-6-5-7-9-11-16)12-13-20(19)26-21(22)15-25-23(18)24(27)28-4-2/h10,12-15,26H,3-9,11H2,1-2H3. The van der Waals surface area contributed by atoms with E-state index in [4.69, 9.17) is 4.74 Å². The van der Waals surface area contributed by atoms with E-state index in [0.29, 0.717) is 12.3 Å². The predicted molar refractivity (Wildman–Crippen MR) is 115 cm³/mol. The molecule has 1 aromatic carbocycles. The molecule has 28 heavy (non-hydrogen) atoms. The summed E-state index contributed by atoms with van der Waals surface area (Å²) in [4.78, 5) is 20.3. The number of aromatic amines is 1. The second-order valence-corrected chi connectivity index (χ2v) is 7.52. The van der Waals surface area contributed by atoms with Crippen LogP contribution in [-0.2, 0) is 11.2 Å². The van der Waals surface area contributed by atoms with Crippen molar-refractivity contribution < 1.29 is 9.53 Å². The lowest BCUT2D eigenvalue weighted by Crippen LogP contribution is -2.10. The lowest BCUT2D eigenvalue weighted by Gasteiger charge is -2.12. The minimum absolute atomic E-state index is 0.338. The zero-order valence-electron chi connectivity index (χ0n) is 16.8. The van der Waals surface area contributed by atoms with Gasteiger partial charge in [-0.3, -0.25) is 0 Å². The van der Waals surface area contributed by atoms with Crippen LogP contribution in [-0.4, -0.2) is 22.5 Å². The van der Waals surface area contributed by atoms with Gasteiger partial charge in [0.15, 0.2) is 5.69 Å². The molecule has 0 radical (unpaired) electrons. The van der Waals surface area contributed by atoms with Gasteiger partial charge in [-0.05, 0) is 67.9 Å². The molecule has 0 spiro atoms. The highest BCUT2D eigenvalue weighted by Gasteiger charge is 2.19. The van der Waals surface area contributed by atoms with Crippen LogP contribution < -0.4 is 0 Å². The molecular formula is C24H28N2O2. The van der Waals surface area contributed by atoms with E-state index in [-0.39, 0.29) is 5.97 Å². The molecule has 4 rings (SSSR count). The SMILES string of the molecule is CCOC(=O)c1ncc2[nH]c3ccc(C4=CCCCCCC4)cc3c2c1CC. The van der Waals surface area contributed by atoms with Crippen molar-refractivity contribution in [3.8, 4) is 0 Å². The highest BCUT2D eigenvalue weighted by atomic mass is 16.5. The number of fused-ring (bicyclic) bond motifs is 3. The molecule has 4 heteroatoms. The third-order valence-corrected chi connectivity index (χ3v) is 5.72. The number of esters is 1. The smallest absolute Gasteiger partial charge is 0.357 e. The average molecular weight is 377 g/mol. The molecule has 0 atom stereocenters. The summed E-state index contributed by atoms with van der Waals surface area (Å²) in [6, 6.07) is 6.67. The largest absolute Gasteiger partial charge is 0.461 e. The molecule has 1 aliphatic rings. The lowest BCUT2D eigenvalue weighted by molar-refractivity contribution is 0.0518. The number of carbonyl (C=O) groups excluding carboxylic acids is 1. The summed E-state index contributed by atoms with van der Waals surface area (Å²) in [6.45, 7) is 4.25. The number of hydrogen-bond acceptors (Lipinski definition) is 3. The molecule has 1 N–H and O–H groups in total. The summed E-state index contributed by atoms with van der Waals surface area (Å²) in [6.07, 6.45) is 12.4. The first-order valence-corrected chi connectivity index (χ1v) is 10.5. The molecule has 146 valence electrons. The molecule has 1 aliphatic carbocycles. The number of pyridine rings is 1. The Labute approximate surface area is 166 Å². The van der Waals surface area contributed by atoms with E-state index in [9.17, 15) is 4.79 Å². The number of allylic oxidation sites excluding steroid dienone is 2. The van der Waals surface area contributed by atoms with Gasteiger partial charge < -0.3 is 9.72 Å². The van der Waals surface area contributed by atoms with Crippen molar-refractivity contribution in [2.24, 2.45) is 0 Å². The quantitative estimate of drug-likeness (QED) is 0.552. The number of nitrogens with zero attached hydrogens (tertiary/aromatic N) is 1. The molecule has 0 unspecified atom stereocenters. The number of carbonyl (C=O) groups is 1. The molecule has 0 saturated carbocycles. The number of benzene rings is 1. The third kappa shape index (κ3) is 3.44. The summed E-state index contributed by atoms with van der Waals surface area (Å²) < 4.78 is 5.23. The highest BCUT2D eigenvalue weighted by molar-refractivity contribution is 6.11. The summed E-state index contributed by atoms with van der Waals surface area (Å²) >= 11 is 0. The van der Waals surface area contributed by atoms with Gasteiger partial charge in [-0.15, -0.1) is 0 Å². The minimum Gasteiger partial charge on any atom is -0.461 e. The monoisotopic (exact) mass is 376 g/mol. The van der Waals surface area contributed by atoms with Gasteiger partial charge in [-0.25, -0.2) is 9.78 Å². The van der Waals surface area contributed by atoms with Crippen LogP contribution >= 0.6 is 0 Å². The molecule has 0 bridgehead atoms. The van der Waals surface area contributed by atoms with E-state index < -0.39 is 0 Å². The van der Waals surface area contributed by atoms with Gasteiger partial charge in [0.25, 0.3) is 0 Å². The van der Waals surface area contributed by atoms with Crippen LogP contribution in [0.3, 0.4) is 0 Å². The first kappa shape index (κ1) is 18.7. The van der Waals surface area contributed by atoms with Crippen LogP contribution in [0.15, 0.2) is 30.5 Å². The van der Waals surface area contributed by atoms with Crippen molar-refractivity contribution in [3.05, 3.63) is 47.3 Å². The Morgan fingerprint density at radius 1 is 1.14 bits per heavy atom. The summed E-state index contributed by atoms with van der Waals surface area (Å²) in [5, 5.41) is 2.27. The zero-order chi connectivity index (χ0) is 19.5. The summed E-state index contributed by atoms with van der Waals surface area (Å²) in [5.74, 6) is -0.338. The van der Waals surface area contributed by atoms with Crippen LogP contribution in [0.25, 0.3) is 27.4 Å². The number of H-pyrrole nitrogens is 1. The third-order valence-electron chi connectivity index (χ3n) is 5.72. The van der Waals surface area contributed by atoms with E-state index in [1.807, 2.05) is 6.92 Å². The highest BCUT2D eigenvalue weighted by Crippen LogP contribution is 2.34. The Balaban J connectivity index is 1.88. The van der Waals surface area contributed by atoms with E-state index in [0.717, 1.165) is 34.8 Å². The minimum atomic E-state index is -0.338. The fourth-order valence-electron chi connectivity index (χ4n) is 4.33. The van der Waals surface area contributed by atoms with Gasteiger partial charge in [0.05, 0.1) is 18.3 Å². The molecule has 0 amide bonds. The van der Waals surface area contributed by atoms with Gasteiger partial charge in [-0.1, -0.05) is 31.9 Å². The Morgan fingerprint density at radius 3 is 2.82 bits per heavy atom. The van der Waals surface area contributed by atoms with Gasteiger partial charge >= 0.3 is 5.97 Å². The fourth-order valence-corrected chi connectivity index (χ4v) is 4.33. The van der Waals surface area contributed by atoms with Crippen LogP contribution in [0, 0.1) is 0 Å². The van der Waals surface area contributed by atoms with E-state index in [1.165, 1.54) is 48.6 Å². The van der Waals surface area contributed by atoms with Crippen LogP contribution in [0.1, 0.15) is 74.0 Å². The molecule has 3 aromatic rings. The van der Waals surface area contributed by atoms with E-state index in [1.54, 1.807) is 6.20 Å². The molecule has 0 fully saturated rings. The van der Waals surface area contributed by atoms with Crippen LogP contribution in [0.4, 0.5) is 0 Å². The normalized spacial score (nSPS) is 15.3. The maximum absolute atomic E-state index is 12.4. The molecule has 2 aromatic heterocycles. The number of nitrogens with one attached hydrogen (secondary N) is 1. The van der Waals surface area contributed by atoms with Gasteiger partial charge in [0.1, 0.15) is 0 Å². The van der Waals surface area contributed by atoms with Crippen molar-refractivity contribution in [1.29, 1.82) is 0 Å². The number of hydrogen-bond donors (Lipinski definition) is 1. The molecule has 0 aliphatic heterocycles. The number of rotatable bonds is 4. The molecule has 0 saturated heterocycles. The summed E-state index contributed by atoms with van der Waals surface area (Å²) in [7, 11) is 0. The molecule has 4 nitrogen and oxygen atoms in total. The van der Waals surface area contributed by atoms with E-state index >= 15 is 0 Å². The Morgan fingerprint density at radius 2 is 2.00 bits per heavy atom. The number of aromatic nitrogens is 2. The maximum atomic E-state index is 12.4. The second-order valence-electron chi connectivity index (χ2n) is 7.52. The van der Waals surface area contributed by atoms with Crippen molar-refractivity contribution in [1.82, 2.24) is 9.97 Å². The Hall–Kier alpha value is -2.62. The predicted octanol–water partition coefficient (Wildman–Crippen LogP) is 6.19. The Kier molecular flexibility index (Phi) is 5.47. The second kappa shape index (κ2) is 8.17. The average Bonchev–Trinajstić information content (AvgIpc) is 3.05. The Bertz CT molecular complexity index is 1050. The molecular weight excluding hydrogens is 348 g/mol. The van der Waals surface area contributed by atoms with Crippen molar-refractivity contribution in [3.63, 3.8) is 0 Å². The first-order valence-electron chi connectivity index (χ1n) is 10.5. The number of ether oxygens (including phenoxy) is 1. The van der Waals surface area contributed by atoms with Gasteiger partial charge in [0, 0.05) is 16.3 Å². The topological polar surface area (TPSA) is 55.0 Å². The van der Waals surface area contributed by atoms with Gasteiger partial charge in [0.2, 0.25) is 0 Å². The van der Waals surface area contributed by atoms with Crippen LogP contribution in [0.5, 0.6) is 0 Å². The van der Waals surface area contributed by atoms with Crippen molar-refractivity contribution in [2.45, 2.75) is 58.8 Å².